The zero-order valence-corrected chi connectivity index (χ0v) is 26.6. The third-order valence-electron chi connectivity index (χ3n) is 7.28. The average molecular weight is 652 g/mol. The second-order valence-electron chi connectivity index (χ2n) is 10.4. The Morgan fingerprint density at radius 3 is 2.09 bits per heavy atom. The van der Waals surface area contributed by atoms with Crippen LogP contribution in [0.1, 0.15) is 38.8 Å². The number of fused-ring (bicyclic) bond motifs is 1. The molecule has 0 amide bonds. The first-order chi connectivity index (χ1) is 21.1. The van der Waals surface area contributed by atoms with Gasteiger partial charge in [0.25, 0.3) is 0 Å². The lowest BCUT2D eigenvalue weighted by atomic mass is 9.97. The van der Waals surface area contributed by atoms with Crippen LogP contribution >= 0.6 is 23.2 Å². The van der Waals surface area contributed by atoms with Gasteiger partial charge in [0, 0.05) is 34.5 Å². The van der Waals surface area contributed by atoms with Gasteiger partial charge >= 0.3 is 5.97 Å². The number of sulfonamides is 1. The van der Waals surface area contributed by atoms with Gasteiger partial charge in [0.1, 0.15) is 11.3 Å². The molecule has 4 aromatic carbocycles. The summed E-state index contributed by atoms with van der Waals surface area (Å²) in [6.45, 7) is 0.310. The third kappa shape index (κ3) is 7.45. The Morgan fingerprint density at radius 2 is 1.52 bits per heavy atom. The van der Waals surface area contributed by atoms with Crippen molar-refractivity contribution in [3.05, 3.63) is 136 Å². The number of benzene rings is 4. The number of methoxy groups -OCH3 is 1. The number of carbonyl (C=O) groups excluding carboxylic acids is 1. The zero-order chi connectivity index (χ0) is 31.3. The topological polar surface area (TPSA) is 86.6 Å². The van der Waals surface area contributed by atoms with Crippen LogP contribution in [0.2, 0.25) is 5.02 Å². The summed E-state index contributed by atoms with van der Waals surface area (Å²) < 4.78 is 39.9. The summed E-state index contributed by atoms with van der Waals surface area (Å²) >= 11 is 13.2. The molecule has 10 heteroatoms. The summed E-state index contributed by atoms with van der Waals surface area (Å²) in [7, 11) is -2.23. The Labute approximate surface area is 267 Å². The predicted octanol–water partition coefficient (Wildman–Crippen LogP) is 7.00. The summed E-state index contributed by atoms with van der Waals surface area (Å²) in [6.07, 6.45) is 1.78. The number of ether oxygens (including phenoxy) is 2. The standard InChI is InChI=1S/C34H32Cl2N2O5S/c1-42-34(39)25-13-16-27(17-14-25)43-20-19-28-29-21-26(35)15-18-30(29)38(31(28)22-32(36)37-44(2,40)41)33(23-9-5-3-6-10-23)24-11-7-4-8-12-24/h3-18,21,32-33,37H,19-20,22H2,1-2H3. The zero-order valence-electron chi connectivity index (χ0n) is 24.2. The van der Waals surface area contributed by atoms with E-state index in [1.165, 1.54) is 7.11 Å². The molecular weight excluding hydrogens is 619 g/mol. The molecule has 0 aliphatic carbocycles. The molecule has 0 radical (unpaired) electrons. The first-order valence-electron chi connectivity index (χ1n) is 14.0. The van der Waals surface area contributed by atoms with Crippen molar-refractivity contribution < 1.29 is 22.7 Å². The van der Waals surface area contributed by atoms with Gasteiger partial charge in [-0.05, 0) is 59.2 Å². The Morgan fingerprint density at radius 1 is 0.909 bits per heavy atom. The lowest BCUT2D eigenvalue weighted by Gasteiger charge is -2.25. The van der Waals surface area contributed by atoms with Crippen molar-refractivity contribution in [2.24, 2.45) is 0 Å². The van der Waals surface area contributed by atoms with Crippen molar-refractivity contribution in [2.75, 3.05) is 20.0 Å². The van der Waals surface area contributed by atoms with E-state index in [-0.39, 0.29) is 12.5 Å². The normalized spacial score (nSPS) is 12.4. The molecule has 44 heavy (non-hydrogen) atoms. The second kappa shape index (κ2) is 13.9. The Kier molecular flexibility index (Phi) is 9.96. The summed E-state index contributed by atoms with van der Waals surface area (Å²) in [6, 6.07) is 32.6. The fraction of sp³-hybridized carbons (Fsp3) is 0.206. The van der Waals surface area contributed by atoms with Gasteiger partial charge in [0.2, 0.25) is 10.0 Å². The minimum atomic E-state index is -3.57. The number of aromatic nitrogens is 1. The molecule has 0 aliphatic rings. The molecule has 1 N–H and O–H groups in total. The molecule has 1 unspecified atom stereocenters. The van der Waals surface area contributed by atoms with E-state index in [1.807, 2.05) is 54.6 Å². The van der Waals surface area contributed by atoms with E-state index in [2.05, 4.69) is 33.6 Å². The molecule has 5 aromatic rings. The molecule has 0 fully saturated rings. The molecule has 5 rings (SSSR count). The number of nitrogens with zero attached hydrogens (tertiary/aromatic N) is 1. The van der Waals surface area contributed by atoms with E-state index in [0.29, 0.717) is 29.4 Å². The van der Waals surface area contributed by atoms with E-state index in [4.69, 9.17) is 32.7 Å². The van der Waals surface area contributed by atoms with Crippen LogP contribution in [0.25, 0.3) is 10.9 Å². The quantitative estimate of drug-likeness (QED) is 0.0893. The monoisotopic (exact) mass is 650 g/mol. The van der Waals surface area contributed by atoms with Gasteiger partial charge in [-0.1, -0.05) is 72.3 Å². The van der Waals surface area contributed by atoms with Crippen LogP contribution in [0.15, 0.2) is 103 Å². The van der Waals surface area contributed by atoms with Gasteiger partial charge in [0.15, 0.2) is 0 Å². The predicted molar refractivity (Wildman–Crippen MR) is 175 cm³/mol. The second-order valence-corrected chi connectivity index (χ2v) is 13.1. The highest BCUT2D eigenvalue weighted by Gasteiger charge is 2.27. The van der Waals surface area contributed by atoms with Crippen molar-refractivity contribution in [1.29, 1.82) is 0 Å². The van der Waals surface area contributed by atoms with Gasteiger partial charge in [0.05, 0.1) is 31.6 Å². The molecule has 0 aliphatic heterocycles. The number of nitrogens with one attached hydrogen (secondary N) is 1. The molecule has 228 valence electrons. The highest BCUT2D eigenvalue weighted by Crippen LogP contribution is 2.38. The number of alkyl halides is 1. The molecule has 0 saturated carbocycles. The Hall–Kier alpha value is -3.82. The average Bonchev–Trinajstić information content (AvgIpc) is 3.28. The molecule has 0 bridgehead atoms. The van der Waals surface area contributed by atoms with Crippen LogP contribution in [-0.4, -0.2) is 44.4 Å². The maximum atomic E-state index is 12.1. The van der Waals surface area contributed by atoms with Crippen molar-refractivity contribution in [1.82, 2.24) is 9.29 Å². The SMILES string of the molecule is COC(=O)c1ccc(OCCc2c(CC(Cl)NS(C)(=O)=O)n(C(c3ccccc3)c3ccccc3)c3ccc(Cl)cc23)cc1. The number of rotatable bonds is 12. The van der Waals surface area contributed by atoms with Crippen molar-refractivity contribution in [2.45, 2.75) is 24.4 Å². The molecule has 0 spiro atoms. The van der Waals surface area contributed by atoms with Crippen molar-refractivity contribution >= 4 is 50.1 Å². The van der Waals surface area contributed by atoms with Gasteiger partial charge in [-0.25, -0.2) is 13.2 Å². The van der Waals surface area contributed by atoms with Crippen LogP contribution in [0.5, 0.6) is 5.75 Å². The molecule has 1 heterocycles. The number of carbonyl (C=O) groups is 1. The Bertz CT molecular complexity index is 1800. The molecule has 1 atom stereocenters. The van der Waals surface area contributed by atoms with Crippen LogP contribution in [0.4, 0.5) is 0 Å². The molecule has 1 aromatic heterocycles. The lowest BCUT2D eigenvalue weighted by Crippen LogP contribution is -2.32. The first kappa shape index (κ1) is 31.6. The van der Waals surface area contributed by atoms with Gasteiger partial charge in [-0.15, -0.1) is 11.6 Å². The van der Waals surface area contributed by atoms with E-state index in [1.54, 1.807) is 24.3 Å². The van der Waals surface area contributed by atoms with Crippen molar-refractivity contribution in [3.8, 4) is 5.75 Å². The van der Waals surface area contributed by atoms with Crippen LogP contribution in [-0.2, 0) is 27.6 Å². The summed E-state index contributed by atoms with van der Waals surface area (Å²) in [5.74, 6) is 0.178. The van der Waals surface area contributed by atoms with E-state index in [0.717, 1.165) is 39.5 Å². The number of hydrogen-bond donors (Lipinski definition) is 1. The highest BCUT2D eigenvalue weighted by atomic mass is 35.5. The summed E-state index contributed by atoms with van der Waals surface area (Å²) in [5.41, 5.74) is 4.39. The largest absolute Gasteiger partial charge is 0.493 e. The number of esters is 1. The fourth-order valence-corrected chi connectivity index (χ4v) is 6.83. The fourth-order valence-electron chi connectivity index (χ4n) is 5.48. The molecule has 0 saturated heterocycles. The summed E-state index contributed by atoms with van der Waals surface area (Å²) in [4.78, 5) is 11.8. The van der Waals surface area contributed by atoms with Crippen LogP contribution < -0.4 is 9.46 Å². The molecular formula is C34H32Cl2N2O5S. The minimum absolute atomic E-state index is 0.209. The summed E-state index contributed by atoms with van der Waals surface area (Å²) in [5, 5.41) is 1.51. The first-order valence-corrected chi connectivity index (χ1v) is 16.7. The maximum absolute atomic E-state index is 12.1. The molecule has 7 nitrogen and oxygen atoms in total. The lowest BCUT2D eigenvalue weighted by molar-refractivity contribution is 0.0600. The smallest absolute Gasteiger partial charge is 0.337 e. The van der Waals surface area contributed by atoms with Gasteiger partial charge in [-0.2, -0.15) is 4.72 Å². The van der Waals surface area contributed by atoms with E-state index >= 15 is 0 Å². The maximum Gasteiger partial charge on any atom is 0.337 e. The van der Waals surface area contributed by atoms with Crippen LogP contribution in [0, 0.1) is 0 Å². The minimum Gasteiger partial charge on any atom is -0.493 e. The van der Waals surface area contributed by atoms with Crippen molar-refractivity contribution in [3.63, 3.8) is 0 Å². The highest BCUT2D eigenvalue weighted by molar-refractivity contribution is 7.88. The Balaban J connectivity index is 1.62. The number of hydrogen-bond acceptors (Lipinski definition) is 5. The third-order valence-corrected chi connectivity index (χ3v) is 8.62. The van der Waals surface area contributed by atoms with Gasteiger partial charge in [-0.3, -0.25) is 0 Å². The van der Waals surface area contributed by atoms with Gasteiger partial charge < -0.3 is 14.0 Å². The number of halogens is 2. The van der Waals surface area contributed by atoms with E-state index in [9.17, 15) is 13.2 Å². The van der Waals surface area contributed by atoms with E-state index < -0.39 is 21.5 Å². The van der Waals surface area contributed by atoms with Crippen LogP contribution in [0.3, 0.4) is 0 Å².